The van der Waals surface area contributed by atoms with Crippen LogP contribution < -0.4 is 10.6 Å². The van der Waals surface area contributed by atoms with Crippen LogP contribution in [0.25, 0.3) is 5.69 Å². The van der Waals surface area contributed by atoms with Gasteiger partial charge in [0.2, 0.25) is 5.95 Å². The number of anilines is 2. The van der Waals surface area contributed by atoms with E-state index in [2.05, 4.69) is 20.7 Å². The molecule has 0 atom stereocenters. The van der Waals surface area contributed by atoms with Crippen LogP contribution in [0.4, 0.5) is 11.9 Å². The van der Waals surface area contributed by atoms with Crippen molar-refractivity contribution < 1.29 is 9.59 Å². The first-order valence-corrected chi connectivity index (χ1v) is 10.6. The van der Waals surface area contributed by atoms with E-state index in [-0.39, 0.29) is 23.7 Å². The van der Waals surface area contributed by atoms with Gasteiger partial charge in [0.15, 0.2) is 0 Å². The summed E-state index contributed by atoms with van der Waals surface area (Å²) in [7, 11) is 0. The third-order valence-corrected chi connectivity index (χ3v) is 5.47. The van der Waals surface area contributed by atoms with Gasteiger partial charge < -0.3 is 0 Å². The summed E-state index contributed by atoms with van der Waals surface area (Å²) in [6.07, 6.45) is 0. The van der Waals surface area contributed by atoms with Crippen LogP contribution in [0.5, 0.6) is 0 Å². The number of carbonyl (C=O) groups excluding carboxylic acids is 2. The summed E-state index contributed by atoms with van der Waals surface area (Å²) in [5.74, 6) is -0.278. The highest BCUT2D eigenvalue weighted by Gasteiger charge is 2.20. The van der Waals surface area contributed by atoms with E-state index in [0.29, 0.717) is 16.8 Å². The average molecular weight is 440 g/mol. The number of hydrogen-bond acceptors (Lipinski definition) is 4. The smallest absolute Gasteiger partial charge is 0.258 e. The first-order valence-electron chi connectivity index (χ1n) is 10.6. The van der Waals surface area contributed by atoms with E-state index in [1.165, 1.54) is 4.68 Å². The zero-order valence-corrected chi connectivity index (χ0v) is 19.0. The first-order chi connectivity index (χ1) is 15.8. The molecule has 0 aliphatic carbocycles. The predicted molar refractivity (Wildman–Crippen MR) is 129 cm³/mol. The molecule has 1 heterocycles. The maximum absolute atomic E-state index is 13.1. The standard InChI is InChI=1S/C26H25N5O2/c1-16-10-8-11-17(2)21(16)23(32)27-25-29-26(31(30-25)20-14-6-5-7-15-20)28-24(33)22-18(3)12-9-13-19(22)4/h5-15H,1-4H3,(H2,27,28,29,30,32,33). The number of amides is 2. The van der Waals surface area contributed by atoms with Crippen molar-refractivity contribution in [1.29, 1.82) is 0 Å². The Labute approximate surface area is 192 Å². The summed E-state index contributed by atoms with van der Waals surface area (Å²) in [6, 6.07) is 20.7. The minimum absolute atomic E-state index is 0.100. The predicted octanol–water partition coefficient (Wildman–Crippen LogP) is 5.01. The Hall–Kier alpha value is -4.26. The van der Waals surface area contributed by atoms with Gasteiger partial charge in [0.25, 0.3) is 17.8 Å². The highest BCUT2D eigenvalue weighted by Crippen LogP contribution is 2.21. The molecule has 0 bridgehead atoms. The molecule has 0 saturated heterocycles. The Morgan fingerprint density at radius 3 is 1.67 bits per heavy atom. The summed E-state index contributed by atoms with van der Waals surface area (Å²) in [6.45, 7) is 7.54. The van der Waals surface area contributed by atoms with E-state index in [1.807, 2.05) is 94.4 Å². The number of para-hydroxylation sites is 1. The van der Waals surface area contributed by atoms with Crippen molar-refractivity contribution in [2.45, 2.75) is 27.7 Å². The number of aryl methyl sites for hydroxylation is 4. The maximum atomic E-state index is 13.1. The average Bonchev–Trinajstić information content (AvgIpc) is 3.16. The molecule has 7 nitrogen and oxygen atoms in total. The number of hydrogen-bond donors (Lipinski definition) is 2. The van der Waals surface area contributed by atoms with Gasteiger partial charge in [-0.3, -0.25) is 20.2 Å². The summed E-state index contributed by atoms with van der Waals surface area (Å²) in [4.78, 5) is 30.5. The number of rotatable bonds is 5. The van der Waals surface area contributed by atoms with Gasteiger partial charge >= 0.3 is 0 Å². The molecule has 3 aromatic carbocycles. The fraction of sp³-hybridized carbons (Fsp3) is 0.154. The lowest BCUT2D eigenvalue weighted by atomic mass is 10.0. The van der Waals surface area contributed by atoms with Crippen molar-refractivity contribution in [2.75, 3.05) is 10.6 Å². The van der Waals surface area contributed by atoms with Crippen LogP contribution in [0.1, 0.15) is 43.0 Å². The van der Waals surface area contributed by atoms with Crippen molar-refractivity contribution >= 4 is 23.7 Å². The first kappa shape index (κ1) is 22.0. The van der Waals surface area contributed by atoms with Crippen LogP contribution >= 0.6 is 0 Å². The number of nitrogens with zero attached hydrogens (tertiary/aromatic N) is 3. The van der Waals surface area contributed by atoms with E-state index in [4.69, 9.17) is 0 Å². The molecule has 1 aromatic heterocycles. The monoisotopic (exact) mass is 439 g/mol. The van der Waals surface area contributed by atoms with E-state index >= 15 is 0 Å². The highest BCUT2D eigenvalue weighted by atomic mass is 16.2. The van der Waals surface area contributed by atoms with Crippen molar-refractivity contribution in [3.63, 3.8) is 0 Å². The molecular weight excluding hydrogens is 414 g/mol. The summed E-state index contributed by atoms with van der Waals surface area (Å²) in [5, 5.41) is 10.1. The Kier molecular flexibility index (Phi) is 6.04. The molecule has 0 fully saturated rings. The summed E-state index contributed by atoms with van der Waals surface area (Å²) in [5.41, 5.74) is 5.31. The van der Waals surface area contributed by atoms with E-state index in [0.717, 1.165) is 22.3 Å². The van der Waals surface area contributed by atoms with Gasteiger partial charge in [0.1, 0.15) is 0 Å². The molecule has 0 saturated carbocycles. The normalized spacial score (nSPS) is 10.7. The highest BCUT2D eigenvalue weighted by molar-refractivity contribution is 6.07. The molecule has 0 aliphatic heterocycles. The fourth-order valence-electron chi connectivity index (χ4n) is 3.87. The summed E-state index contributed by atoms with van der Waals surface area (Å²) < 4.78 is 1.51. The lowest BCUT2D eigenvalue weighted by Crippen LogP contribution is -2.18. The van der Waals surface area contributed by atoms with Gasteiger partial charge in [-0.05, 0) is 62.1 Å². The van der Waals surface area contributed by atoms with Gasteiger partial charge in [-0.15, -0.1) is 5.10 Å². The lowest BCUT2D eigenvalue weighted by Gasteiger charge is -2.10. The fourth-order valence-corrected chi connectivity index (χ4v) is 3.87. The zero-order valence-electron chi connectivity index (χ0n) is 19.0. The Morgan fingerprint density at radius 2 is 1.15 bits per heavy atom. The van der Waals surface area contributed by atoms with Crippen LogP contribution in [-0.2, 0) is 0 Å². The van der Waals surface area contributed by atoms with Crippen molar-refractivity contribution in [1.82, 2.24) is 14.8 Å². The lowest BCUT2D eigenvalue weighted by molar-refractivity contribution is 0.101. The molecule has 0 radical (unpaired) electrons. The molecule has 2 N–H and O–H groups in total. The molecule has 2 amide bonds. The molecular formula is C26H25N5O2. The van der Waals surface area contributed by atoms with Crippen LogP contribution in [0.15, 0.2) is 66.7 Å². The summed E-state index contributed by atoms with van der Waals surface area (Å²) >= 11 is 0. The van der Waals surface area contributed by atoms with Gasteiger partial charge in [-0.25, -0.2) is 0 Å². The number of nitrogens with one attached hydrogen (secondary N) is 2. The van der Waals surface area contributed by atoms with E-state index in [1.54, 1.807) is 0 Å². The molecule has 7 heteroatoms. The molecule has 0 spiro atoms. The van der Waals surface area contributed by atoms with Crippen molar-refractivity contribution in [3.8, 4) is 5.69 Å². The Bertz CT molecular complexity index is 1300. The molecule has 166 valence electrons. The Balaban J connectivity index is 1.70. The second kappa shape index (κ2) is 9.08. The van der Waals surface area contributed by atoms with E-state index < -0.39 is 0 Å². The molecule has 33 heavy (non-hydrogen) atoms. The van der Waals surface area contributed by atoms with Gasteiger partial charge in [-0.2, -0.15) is 9.67 Å². The van der Waals surface area contributed by atoms with Crippen LogP contribution in [0, 0.1) is 27.7 Å². The Morgan fingerprint density at radius 1 is 0.667 bits per heavy atom. The zero-order chi connectivity index (χ0) is 23.5. The third kappa shape index (κ3) is 4.52. The van der Waals surface area contributed by atoms with Gasteiger partial charge in [0, 0.05) is 11.1 Å². The van der Waals surface area contributed by atoms with Crippen molar-refractivity contribution in [3.05, 3.63) is 100 Å². The van der Waals surface area contributed by atoms with Crippen LogP contribution in [0.2, 0.25) is 0 Å². The molecule has 0 unspecified atom stereocenters. The second-order valence-corrected chi connectivity index (χ2v) is 7.95. The topological polar surface area (TPSA) is 88.9 Å². The minimum Gasteiger partial charge on any atom is -0.290 e. The molecule has 4 aromatic rings. The number of carbonyl (C=O) groups is 2. The second-order valence-electron chi connectivity index (χ2n) is 7.95. The van der Waals surface area contributed by atoms with Crippen LogP contribution in [-0.4, -0.2) is 26.6 Å². The third-order valence-electron chi connectivity index (χ3n) is 5.47. The van der Waals surface area contributed by atoms with E-state index in [9.17, 15) is 9.59 Å². The SMILES string of the molecule is Cc1cccc(C)c1C(=O)Nc1nc(NC(=O)c2c(C)cccc2C)n(-c2ccccc2)n1. The van der Waals surface area contributed by atoms with Crippen molar-refractivity contribution in [2.24, 2.45) is 0 Å². The molecule has 0 aliphatic rings. The molecule has 4 rings (SSSR count). The number of benzene rings is 3. The maximum Gasteiger partial charge on any atom is 0.258 e. The largest absolute Gasteiger partial charge is 0.290 e. The minimum atomic E-state index is -0.302. The van der Waals surface area contributed by atoms with Crippen LogP contribution in [0.3, 0.4) is 0 Å². The van der Waals surface area contributed by atoms with Gasteiger partial charge in [0.05, 0.1) is 5.69 Å². The quantitative estimate of drug-likeness (QED) is 0.458. The number of aromatic nitrogens is 3. The van der Waals surface area contributed by atoms with Gasteiger partial charge in [-0.1, -0.05) is 54.6 Å².